The molecule has 2 N–H and O–H groups in total. The molecule has 0 amide bonds. The molecule has 0 unspecified atom stereocenters. The maximum Gasteiger partial charge on any atom is 0.213 e. The lowest BCUT2D eigenvalue weighted by Gasteiger charge is -2.07. The van der Waals surface area contributed by atoms with E-state index in [-0.39, 0.29) is 5.75 Å². The number of hydrogen-bond donors (Lipinski definition) is 2. The predicted octanol–water partition coefficient (Wildman–Crippen LogP) is 1.48. The molecule has 0 bridgehead atoms. The van der Waals surface area contributed by atoms with E-state index in [0.717, 1.165) is 16.6 Å². The van der Waals surface area contributed by atoms with Crippen LogP contribution < -0.4 is 10.0 Å². The number of benzene rings is 1. The van der Waals surface area contributed by atoms with E-state index in [4.69, 9.17) is 0 Å². The van der Waals surface area contributed by atoms with Gasteiger partial charge in [-0.1, -0.05) is 35.0 Å². The van der Waals surface area contributed by atoms with Crippen LogP contribution in [-0.4, -0.2) is 27.3 Å². The lowest BCUT2D eigenvalue weighted by atomic mass is 10.2. The zero-order valence-electron chi connectivity index (χ0n) is 9.74. The minimum atomic E-state index is -3.19. The summed E-state index contributed by atoms with van der Waals surface area (Å²) in [7, 11) is -3.19. The van der Waals surface area contributed by atoms with Gasteiger partial charge >= 0.3 is 0 Å². The summed E-state index contributed by atoms with van der Waals surface area (Å²) in [4.78, 5) is 0. The molecule has 0 heterocycles. The van der Waals surface area contributed by atoms with Gasteiger partial charge in [0.15, 0.2) is 0 Å². The van der Waals surface area contributed by atoms with E-state index in [2.05, 4.69) is 26.0 Å². The van der Waals surface area contributed by atoms with Gasteiger partial charge in [0.05, 0.1) is 5.75 Å². The van der Waals surface area contributed by atoms with Gasteiger partial charge in [0.2, 0.25) is 10.0 Å². The van der Waals surface area contributed by atoms with Gasteiger partial charge in [0.1, 0.15) is 0 Å². The monoisotopic (exact) mass is 320 g/mol. The average molecular weight is 321 g/mol. The highest BCUT2D eigenvalue weighted by molar-refractivity contribution is 9.10. The van der Waals surface area contributed by atoms with E-state index in [9.17, 15) is 8.42 Å². The summed E-state index contributed by atoms with van der Waals surface area (Å²) in [6.45, 7) is 3.53. The third kappa shape index (κ3) is 6.16. The van der Waals surface area contributed by atoms with Crippen LogP contribution in [0.4, 0.5) is 0 Å². The summed E-state index contributed by atoms with van der Waals surface area (Å²) in [6, 6.07) is 7.57. The van der Waals surface area contributed by atoms with Crippen LogP contribution in [0, 0.1) is 0 Å². The Kier molecular flexibility index (Phi) is 6.11. The van der Waals surface area contributed by atoms with E-state index in [0.29, 0.717) is 13.1 Å². The average Bonchev–Trinajstić information content (AvgIpc) is 2.27. The fraction of sp³-hybridized carbons (Fsp3) is 0.455. The van der Waals surface area contributed by atoms with Gasteiger partial charge < -0.3 is 5.32 Å². The van der Waals surface area contributed by atoms with Gasteiger partial charge in [0, 0.05) is 17.6 Å². The molecule has 0 aliphatic heterocycles. The van der Waals surface area contributed by atoms with Crippen LogP contribution in [0.15, 0.2) is 28.7 Å². The van der Waals surface area contributed by atoms with Crippen LogP contribution in [-0.2, 0) is 16.6 Å². The van der Waals surface area contributed by atoms with Crippen LogP contribution in [0.3, 0.4) is 0 Å². The summed E-state index contributed by atoms with van der Waals surface area (Å²) < 4.78 is 26.7. The zero-order valence-corrected chi connectivity index (χ0v) is 12.1. The van der Waals surface area contributed by atoms with Gasteiger partial charge in [-0.15, -0.1) is 0 Å². The quantitative estimate of drug-likeness (QED) is 0.748. The lowest BCUT2D eigenvalue weighted by molar-refractivity contribution is 0.577. The van der Waals surface area contributed by atoms with Crippen LogP contribution >= 0.6 is 15.9 Å². The fourth-order valence-corrected chi connectivity index (χ4v) is 2.69. The fourth-order valence-electron chi connectivity index (χ4n) is 1.30. The molecule has 1 rings (SSSR count). The van der Waals surface area contributed by atoms with Crippen LogP contribution in [0.5, 0.6) is 0 Å². The molecule has 0 fully saturated rings. The van der Waals surface area contributed by atoms with E-state index < -0.39 is 10.0 Å². The third-order valence-electron chi connectivity index (χ3n) is 2.18. The number of halogens is 1. The second-order valence-electron chi connectivity index (χ2n) is 3.62. The van der Waals surface area contributed by atoms with Gasteiger partial charge in [-0.3, -0.25) is 0 Å². The molecule has 6 heteroatoms. The molecule has 0 aliphatic carbocycles. The highest BCUT2D eigenvalue weighted by Crippen LogP contribution is 2.11. The molecule has 0 aromatic heterocycles. The molecular formula is C11H17BrN2O2S. The first-order valence-corrected chi connectivity index (χ1v) is 7.90. The molecule has 96 valence electrons. The molecule has 0 saturated carbocycles. The third-order valence-corrected chi connectivity index (χ3v) is 4.00. The summed E-state index contributed by atoms with van der Waals surface area (Å²) in [5, 5.41) is 2.98. The summed E-state index contributed by atoms with van der Waals surface area (Å²) in [6.07, 6.45) is 0. The van der Waals surface area contributed by atoms with E-state index in [1.165, 1.54) is 0 Å². The summed E-state index contributed by atoms with van der Waals surface area (Å²) >= 11 is 3.35. The molecule has 1 aromatic rings. The van der Waals surface area contributed by atoms with E-state index in [1.807, 2.05) is 31.2 Å². The molecule has 4 nitrogen and oxygen atoms in total. The standard InChI is InChI=1S/C11H17BrN2O2S/c1-2-13-6-7-17(15,16)14-9-10-4-3-5-11(12)8-10/h3-5,8,13-14H,2,6-7,9H2,1H3. The van der Waals surface area contributed by atoms with Gasteiger partial charge in [0.25, 0.3) is 0 Å². The molecular weight excluding hydrogens is 304 g/mol. The number of nitrogens with one attached hydrogen (secondary N) is 2. The molecule has 0 atom stereocenters. The molecule has 0 saturated heterocycles. The second-order valence-corrected chi connectivity index (χ2v) is 6.47. The van der Waals surface area contributed by atoms with Gasteiger partial charge in [-0.05, 0) is 24.2 Å². The maximum absolute atomic E-state index is 11.6. The van der Waals surface area contributed by atoms with Crippen molar-refractivity contribution in [2.75, 3.05) is 18.8 Å². The molecule has 0 spiro atoms. The number of sulfonamides is 1. The Bertz CT molecular complexity index is 449. The van der Waals surface area contributed by atoms with Crippen molar-refractivity contribution in [3.8, 4) is 0 Å². The van der Waals surface area contributed by atoms with Crippen LogP contribution in [0.25, 0.3) is 0 Å². The minimum absolute atomic E-state index is 0.106. The van der Waals surface area contributed by atoms with Crippen molar-refractivity contribution in [2.45, 2.75) is 13.5 Å². The predicted molar refractivity (Wildman–Crippen MR) is 73.3 cm³/mol. The van der Waals surface area contributed by atoms with Crippen LogP contribution in [0.2, 0.25) is 0 Å². The molecule has 0 aliphatic rings. The van der Waals surface area contributed by atoms with E-state index >= 15 is 0 Å². The van der Waals surface area contributed by atoms with Crippen molar-refractivity contribution < 1.29 is 8.42 Å². The smallest absolute Gasteiger partial charge is 0.213 e. The minimum Gasteiger partial charge on any atom is -0.316 e. The normalized spacial score (nSPS) is 11.6. The maximum atomic E-state index is 11.6. The van der Waals surface area contributed by atoms with Gasteiger partial charge in [-0.2, -0.15) is 0 Å². The Morgan fingerprint density at radius 3 is 2.76 bits per heavy atom. The topological polar surface area (TPSA) is 58.2 Å². The van der Waals surface area contributed by atoms with Crippen LogP contribution in [0.1, 0.15) is 12.5 Å². The first-order chi connectivity index (χ1) is 8.03. The summed E-state index contributed by atoms with van der Waals surface area (Å²) in [5.41, 5.74) is 0.936. The number of rotatable bonds is 7. The first-order valence-electron chi connectivity index (χ1n) is 5.46. The highest BCUT2D eigenvalue weighted by atomic mass is 79.9. The van der Waals surface area contributed by atoms with Crippen molar-refractivity contribution in [3.05, 3.63) is 34.3 Å². The zero-order chi connectivity index (χ0) is 12.7. The van der Waals surface area contributed by atoms with Gasteiger partial charge in [-0.25, -0.2) is 13.1 Å². The van der Waals surface area contributed by atoms with Crippen molar-refractivity contribution in [3.63, 3.8) is 0 Å². The van der Waals surface area contributed by atoms with Crippen molar-refractivity contribution in [1.82, 2.24) is 10.0 Å². The van der Waals surface area contributed by atoms with E-state index in [1.54, 1.807) is 0 Å². The first kappa shape index (κ1) is 14.6. The Hall–Kier alpha value is -0.430. The Labute approximate surface area is 111 Å². The molecule has 1 aromatic carbocycles. The number of hydrogen-bond acceptors (Lipinski definition) is 3. The van der Waals surface area contributed by atoms with Crippen molar-refractivity contribution in [1.29, 1.82) is 0 Å². The summed E-state index contributed by atoms with van der Waals surface area (Å²) in [5.74, 6) is 0.106. The molecule has 0 radical (unpaired) electrons. The highest BCUT2D eigenvalue weighted by Gasteiger charge is 2.08. The Balaban J connectivity index is 2.44. The lowest BCUT2D eigenvalue weighted by Crippen LogP contribution is -2.31. The Morgan fingerprint density at radius 1 is 1.35 bits per heavy atom. The van der Waals surface area contributed by atoms with Crippen molar-refractivity contribution >= 4 is 26.0 Å². The molecule has 17 heavy (non-hydrogen) atoms. The largest absolute Gasteiger partial charge is 0.316 e. The Morgan fingerprint density at radius 2 is 2.12 bits per heavy atom. The second kappa shape index (κ2) is 7.10. The SMILES string of the molecule is CCNCCS(=O)(=O)NCc1cccc(Br)c1. The van der Waals surface area contributed by atoms with Crippen molar-refractivity contribution in [2.24, 2.45) is 0 Å².